The van der Waals surface area contributed by atoms with Crippen LogP contribution < -0.4 is 4.74 Å². The summed E-state index contributed by atoms with van der Waals surface area (Å²) in [7, 11) is 0. The minimum Gasteiger partial charge on any atom is -0.481 e. The molecule has 0 fully saturated rings. The lowest BCUT2D eigenvalue weighted by molar-refractivity contribution is -0.134. The highest BCUT2D eigenvalue weighted by atomic mass is 35.5. The average molecular weight is 591 g/mol. The van der Waals surface area contributed by atoms with Gasteiger partial charge < -0.3 is 9.84 Å². The molecule has 0 aliphatic carbocycles. The van der Waals surface area contributed by atoms with Crippen molar-refractivity contribution in [3.63, 3.8) is 0 Å². The van der Waals surface area contributed by atoms with Gasteiger partial charge in [-0.05, 0) is 35.4 Å². The second-order valence-electron chi connectivity index (χ2n) is 6.70. The molecule has 0 aliphatic heterocycles. The maximum atomic E-state index is 9.00. The van der Waals surface area contributed by atoms with E-state index in [1.807, 2.05) is 12.1 Å². The van der Waals surface area contributed by atoms with Crippen molar-refractivity contribution in [2.45, 2.75) is 6.92 Å². The number of hydrogen-bond acceptors (Lipinski definition) is 2. The number of carboxylic acid groups (broad SMARTS) is 1. The smallest absolute Gasteiger partial charge is 0.300 e. The summed E-state index contributed by atoms with van der Waals surface area (Å²) in [6.45, 7) is 1.08. The summed E-state index contributed by atoms with van der Waals surface area (Å²) in [5.41, 5.74) is 2.55. The summed E-state index contributed by atoms with van der Waals surface area (Å²) in [4.78, 5) is 9.00. The molecule has 1 N–H and O–H groups in total. The highest BCUT2D eigenvalue weighted by Crippen LogP contribution is 2.43. The molecule has 0 bridgehead atoms. The lowest BCUT2D eigenvalue weighted by Crippen LogP contribution is -1.88. The molecule has 0 unspecified atom stereocenters. The van der Waals surface area contributed by atoms with E-state index in [1.54, 1.807) is 24.3 Å². The highest BCUT2D eigenvalue weighted by molar-refractivity contribution is 6.49. The Kier molecular flexibility index (Phi) is 12.0. The van der Waals surface area contributed by atoms with E-state index in [1.165, 1.54) is 11.1 Å². The van der Waals surface area contributed by atoms with Crippen molar-refractivity contribution in [3.8, 4) is 22.6 Å². The number of benzene rings is 4. The zero-order chi connectivity index (χ0) is 26.0. The van der Waals surface area contributed by atoms with Crippen LogP contribution in [0.2, 0.25) is 30.1 Å². The molecule has 0 amide bonds. The molecule has 4 rings (SSSR count). The molecule has 182 valence electrons. The Balaban J connectivity index is 0.000000229. The molecular formula is C26H18Cl6O3. The summed E-state index contributed by atoms with van der Waals surface area (Å²) in [5.74, 6) is -0.201. The topological polar surface area (TPSA) is 46.5 Å². The molecule has 0 saturated carbocycles. The molecule has 4 aromatic rings. The van der Waals surface area contributed by atoms with Crippen molar-refractivity contribution >= 4 is 75.6 Å². The quantitative estimate of drug-likeness (QED) is 0.241. The van der Waals surface area contributed by atoms with Crippen molar-refractivity contribution in [2.75, 3.05) is 0 Å². The van der Waals surface area contributed by atoms with Crippen molar-refractivity contribution in [1.82, 2.24) is 0 Å². The maximum Gasteiger partial charge on any atom is 0.300 e. The predicted molar refractivity (Wildman–Crippen MR) is 148 cm³/mol. The molecule has 0 atom stereocenters. The van der Waals surface area contributed by atoms with Gasteiger partial charge >= 0.3 is 0 Å². The first kappa shape index (κ1) is 29.1. The Hall–Kier alpha value is -2.11. The third kappa shape index (κ3) is 9.12. The van der Waals surface area contributed by atoms with E-state index in [-0.39, 0.29) is 20.1 Å². The van der Waals surface area contributed by atoms with Crippen LogP contribution in [-0.4, -0.2) is 11.1 Å². The van der Waals surface area contributed by atoms with Crippen LogP contribution in [0.3, 0.4) is 0 Å². The Labute approximate surface area is 233 Å². The first-order valence-electron chi connectivity index (χ1n) is 9.86. The van der Waals surface area contributed by atoms with Crippen LogP contribution in [0, 0.1) is 0 Å². The minimum atomic E-state index is -0.833. The number of rotatable bonds is 3. The second kappa shape index (κ2) is 14.4. The number of carboxylic acids is 1. The van der Waals surface area contributed by atoms with Gasteiger partial charge in [0, 0.05) is 6.92 Å². The van der Waals surface area contributed by atoms with Gasteiger partial charge in [-0.15, -0.1) is 0 Å². The summed E-state index contributed by atoms with van der Waals surface area (Å²) in [5, 5.41) is 8.88. The normalized spacial score (nSPS) is 9.80. The maximum absolute atomic E-state index is 9.00. The van der Waals surface area contributed by atoms with Crippen LogP contribution in [0.5, 0.6) is 11.5 Å². The molecule has 35 heavy (non-hydrogen) atoms. The van der Waals surface area contributed by atoms with Gasteiger partial charge in [0.2, 0.25) is 0 Å². The van der Waals surface area contributed by atoms with Gasteiger partial charge in [0.05, 0.1) is 20.1 Å². The monoisotopic (exact) mass is 588 g/mol. The summed E-state index contributed by atoms with van der Waals surface area (Å²) in [6, 6.07) is 27.1. The van der Waals surface area contributed by atoms with E-state index in [9.17, 15) is 0 Å². The van der Waals surface area contributed by atoms with E-state index in [4.69, 9.17) is 84.2 Å². The van der Waals surface area contributed by atoms with Gasteiger partial charge in [-0.3, -0.25) is 4.79 Å². The Morgan fingerprint density at radius 1 is 0.571 bits per heavy atom. The van der Waals surface area contributed by atoms with E-state index in [2.05, 4.69) is 48.5 Å². The van der Waals surface area contributed by atoms with Crippen molar-refractivity contribution < 1.29 is 14.6 Å². The molecule has 0 aliphatic rings. The van der Waals surface area contributed by atoms with Gasteiger partial charge in [-0.1, -0.05) is 130 Å². The summed E-state index contributed by atoms with van der Waals surface area (Å²) in [6.07, 6.45) is 0. The van der Waals surface area contributed by atoms with Gasteiger partial charge in [-0.25, -0.2) is 0 Å². The second-order valence-corrected chi connectivity index (χ2v) is 9.03. The fourth-order valence-electron chi connectivity index (χ4n) is 2.55. The van der Waals surface area contributed by atoms with Crippen LogP contribution in [0.4, 0.5) is 0 Å². The van der Waals surface area contributed by atoms with E-state index in [0.29, 0.717) is 21.5 Å². The SMILES string of the molecule is CC(=O)O.Clc1ccc(Oc2ccc(Cl)c(Cl)c2Cl)c(Cl)c1Cl.c1ccc(-c2ccccc2)cc1. The summed E-state index contributed by atoms with van der Waals surface area (Å²) >= 11 is 35.6. The van der Waals surface area contributed by atoms with Crippen LogP contribution in [0.15, 0.2) is 84.9 Å². The minimum absolute atomic E-state index is 0.191. The van der Waals surface area contributed by atoms with Gasteiger partial charge in [0.15, 0.2) is 0 Å². The number of aliphatic carboxylic acids is 1. The van der Waals surface area contributed by atoms with E-state index in [0.717, 1.165) is 6.92 Å². The van der Waals surface area contributed by atoms with E-state index < -0.39 is 5.97 Å². The molecule has 4 aromatic carbocycles. The van der Waals surface area contributed by atoms with Gasteiger partial charge in [-0.2, -0.15) is 0 Å². The number of ether oxygens (including phenoxy) is 1. The Morgan fingerprint density at radius 2 is 0.886 bits per heavy atom. The highest BCUT2D eigenvalue weighted by Gasteiger charge is 2.14. The molecule has 0 spiro atoms. The van der Waals surface area contributed by atoms with Crippen LogP contribution in [0.1, 0.15) is 6.92 Å². The Bertz CT molecular complexity index is 1170. The molecule has 0 aromatic heterocycles. The molecule has 0 heterocycles. The Morgan fingerprint density at radius 3 is 1.20 bits per heavy atom. The number of carbonyl (C=O) groups is 1. The summed E-state index contributed by atoms with van der Waals surface area (Å²) < 4.78 is 5.56. The average Bonchev–Trinajstić information content (AvgIpc) is 2.85. The van der Waals surface area contributed by atoms with Gasteiger partial charge in [0.1, 0.15) is 21.5 Å². The lowest BCUT2D eigenvalue weighted by Gasteiger charge is -2.11. The van der Waals surface area contributed by atoms with Crippen molar-refractivity contribution in [2.24, 2.45) is 0 Å². The first-order chi connectivity index (χ1) is 16.6. The molecule has 0 saturated heterocycles. The fourth-order valence-corrected chi connectivity index (χ4v) is 3.68. The fraction of sp³-hybridized carbons (Fsp3) is 0.0385. The largest absolute Gasteiger partial charge is 0.481 e. The molecule has 0 radical (unpaired) electrons. The van der Waals surface area contributed by atoms with Crippen molar-refractivity contribution in [1.29, 1.82) is 0 Å². The zero-order valence-electron chi connectivity index (χ0n) is 18.1. The molecular weight excluding hydrogens is 573 g/mol. The third-order valence-electron chi connectivity index (χ3n) is 4.10. The first-order valence-corrected chi connectivity index (χ1v) is 12.1. The van der Waals surface area contributed by atoms with Crippen LogP contribution in [0.25, 0.3) is 11.1 Å². The predicted octanol–water partition coefficient (Wildman–Crippen LogP) is 10.8. The number of hydrogen-bond donors (Lipinski definition) is 1. The van der Waals surface area contributed by atoms with Crippen LogP contribution >= 0.6 is 69.6 Å². The van der Waals surface area contributed by atoms with Crippen LogP contribution in [-0.2, 0) is 4.79 Å². The number of halogens is 6. The van der Waals surface area contributed by atoms with Gasteiger partial charge in [0.25, 0.3) is 5.97 Å². The third-order valence-corrected chi connectivity index (χ3v) is 6.65. The standard InChI is InChI=1S/C12H4Cl6O.C12H10.C2H4O2/c13-5-1-3-7(11(17)9(5)15)19-8-4-2-6(14)10(16)12(8)18;1-3-7-11(8-4-1)12-9-5-2-6-10-12;1-2(3)4/h1-4H;1-10H;1H3,(H,3,4). The zero-order valence-corrected chi connectivity index (χ0v) is 22.6. The van der Waals surface area contributed by atoms with E-state index >= 15 is 0 Å². The van der Waals surface area contributed by atoms with Crippen molar-refractivity contribution in [3.05, 3.63) is 115 Å². The molecule has 3 nitrogen and oxygen atoms in total. The molecule has 9 heteroatoms. The lowest BCUT2D eigenvalue weighted by atomic mass is 10.1.